The third kappa shape index (κ3) is 9.16. The van der Waals surface area contributed by atoms with E-state index in [2.05, 4.69) is 41.0 Å². The van der Waals surface area contributed by atoms with Crippen LogP contribution in [0.3, 0.4) is 0 Å². The fourth-order valence-corrected chi connectivity index (χ4v) is 9.01. The Morgan fingerprint density at radius 2 is 1.60 bits per heavy atom. The maximum absolute atomic E-state index is 15.2. The lowest BCUT2D eigenvalue weighted by Gasteiger charge is -2.42. The number of nitrogens with one attached hydrogen (secondary N) is 4. The number of benzene rings is 2. The Kier molecular flexibility index (Phi) is 12.0. The van der Waals surface area contributed by atoms with E-state index >= 15 is 4.39 Å². The predicted molar refractivity (Wildman–Crippen MR) is 214 cm³/mol. The van der Waals surface area contributed by atoms with Gasteiger partial charge in [-0.1, -0.05) is 12.1 Å². The molecule has 4 N–H and O–H groups in total. The van der Waals surface area contributed by atoms with Crippen molar-refractivity contribution in [3.63, 3.8) is 0 Å². The molecule has 1 aliphatic carbocycles. The second-order valence-electron chi connectivity index (χ2n) is 16.1. The van der Waals surface area contributed by atoms with Gasteiger partial charge in [0.25, 0.3) is 0 Å². The van der Waals surface area contributed by atoms with Crippen molar-refractivity contribution in [2.24, 2.45) is 5.92 Å². The number of aromatic nitrogens is 2. The number of carbonyl (C=O) groups excluding carboxylic acids is 4. The molecule has 3 aromatic rings. The molecular formula is C42H51F2N9O5. The number of halogens is 2. The summed E-state index contributed by atoms with van der Waals surface area (Å²) in [6.07, 6.45) is 8.84. The lowest BCUT2D eigenvalue weighted by Crippen LogP contribution is -2.50. The quantitative estimate of drug-likeness (QED) is 0.200. The van der Waals surface area contributed by atoms with Crippen molar-refractivity contribution in [2.75, 3.05) is 59.8 Å². The van der Waals surface area contributed by atoms with E-state index in [0.29, 0.717) is 54.2 Å². The van der Waals surface area contributed by atoms with Crippen LogP contribution in [0.2, 0.25) is 0 Å². The van der Waals surface area contributed by atoms with Crippen molar-refractivity contribution in [3.05, 3.63) is 60.3 Å². The predicted octanol–water partition coefficient (Wildman–Crippen LogP) is 5.21. The van der Waals surface area contributed by atoms with Gasteiger partial charge in [0.15, 0.2) is 5.82 Å². The van der Waals surface area contributed by atoms with Crippen LogP contribution in [0.5, 0.6) is 0 Å². The van der Waals surface area contributed by atoms with Gasteiger partial charge in [0.1, 0.15) is 17.6 Å². The number of piperidine rings is 3. The number of ether oxygens (including phenoxy) is 1. The summed E-state index contributed by atoms with van der Waals surface area (Å²) in [4.78, 5) is 64.0. The maximum Gasteiger partial charge on any atom is 0.414 e. The highest BCUT2D eigenvalue weighted by Gasteiger charge is 2.33. The molecule has 5 aliphatic rings. The lowest BCUT2D eigenvalue weighted by atomic mass is 9.89. The number of hydrogen-bond donors (Lipinski definition) is 4. The summed E-state index contributed by atoms with van der Waals surface area (Å²) in [5.41, 5.74) is 2.38. The Hall–Kier alpha value is -5.38. The number of rotatable bonds is 10. The highest BCUT2D eigenvalue weighted by molar-refractivity contribution is 6.01. The Bertz CT molecular complexity index is 2000. The third-order valence-electron chi connectivity index (χ3n) is 12.3. The highest BCUT2D eigenvalue weighted by atomic mass is 19.1. The molecule has 14 nitrogen and oxygen atoms in total. The average Bonchev–Trinajstić information content (AvgIpc) is 3.24. The van der Waals surface area contributed by atoms with Gasteiger partial charge in [-0.15, -0.1) is 0 Å². The molecule has 8 rings (SSSR count). The van der Waals surface area contributed by atoms with Gasteiger partial charge in [0.2, 0.25) is 23.7 Å². The number of imide groups is 1. The zero-order chi connectivity index (χ0) is 40.2. The number of anilines is 4. The minimum atomic E-state index is -0.563. The first-order valence-electron chi connectivity index (χ1n) is 20.7. The first kappa shape index (κ1) is 39.4. The molecule has 16 heteroatoms. The van der Waals surface area contributed by atoms with Crippen molar-refractivity contribution in [2.45, 2.75) is 94.8 Å². The van der Waals surface area contributed by atoms with Crippen molar-refractivity contribution in [1.29, 1.82) is 0 Å². The molecule has 0 radical (unpaired) electrons. The highest BCUT2D eigenvalue weighted by Crippen LogP contribution is 2.32. The van der Waals surface area contributed by atoms with Crippen LogP contribution in [0.1, 0.15) is 70.6 Å². The van der Waals surface area contributed by atoms with Gasteiger partial charge >= 0.3 is 6.09 Å². The van der Waals surface area contributed by atoms with Crippen molar-refractivity contribution in [1.82, 2.24) is 25.5 Å². The molecule has 1 aromatic heterocycles. The smallest absolute Gasteiger partial charge is 0.414 e. The van der Waals surface area contributed by atoms with Crippen LogP contribution >= 0.6 is 0 Å². The van der Waals surface area contributed by atoms with Crippen molar-refractivity contribution in [3.8, 4) is 11.3 Å². The molecule has 4 amide bonds. The van der Waals surface area contributed by atoms with Crippen molar-refractivity contribution >= 4 is 46.8 Å². The van der Waals surface area contributed by atoms with E-state index in [1.54, 1.807) is 41.3 Å². The van der Waals surface area contributed by atoms with Gasteiger partial charge in [-0.2, -0.15) is 0 Å². The summed E-state index contributed by atoms with van der Waals surface area (Å²) in [6.45, 7) is 4.13. The number of hydrogen-bond acceptors (Lipinski definition) is 11. The Labute approximate surface area is 336 Å². The maximum atomic E-state index is 15.2. The molecule has 1 saturated carbocycles. The molecule has 58 heavy (non-hydrogen) atoms. The molecule has 0 spiro atoms. The molecule has 5 heterocycles. The van der Waals surface area contributed by atoms with Crippen LogP contribution in [0, 0.1) is 17.6 Å². The number of amides is 4. The Morgan fingerprint density at radius 1 is 0.828 bits per heavy atom. The van der Waals surface area contributed by atoms with E-state index in [9.17, 15) is 23.6 Å². The van der Waals surface area contributed by atoms with E-state index in [1.165, 1.54) is 12.3 Å². The topological polar surface area (TPSA) is 161 Å². The molecule has 4 saturated heterocycles. The standard InChI is InChI=1S/C42H51F2N9O5/c43-33-24-30(46-35-10-12-37(54)49-40(35)56)9-11-36(33)52-20-15-31(16-21-52)51-18-13-26(14-19-51)39(55)47-28-5-7-29(8-6-28)48-41-45-25-34(44)38(50-41)27-3-1-4-32(23-27)53-17-2-22-58-42(53)57/h1,3-4,9,11,23-26,28-29,31,35,46H,2,5-8,10,12-22H2,(H,47,55)(H,45,48,50)(H,49,54,56)/t28?,29?,35-/m1/s1. The second-order valence-corrected chi connectivity index (χ2v) is 16.1. The first-order valence-corrected chi connectivity index (χ1v) is 20.7. The van der Waals surface area contributed by atoms with E-state index in [-0.39, 0.29) is 53.7 Å². The number of cyclic esters (lactones) is 1. The fourth-order valence-electron chi connectivity index (χ4n) is 9.01. The average molecular weight is 800 g/mol. The van der Waals surface area contributed by atoms with Crippen LogP contribution in [-0.4, -0.2) is 102 Å². The molecule has 308 valence electrons. The second kappa shape index (κ2) is 17.6. The summed E-state index contributed by atoms with van der Waals surface area (Å²) >= 11 is 0. The van der Waals surface area contributed by atoms with Crippen LogP contribution in [0.25, 0.3) is 11.3 Å². The summed E-state index contributed by atoms with van der Waals surface area (Å²) in [7, 11) is 0. The third-order valence-corrected chi connectivity index (χ3v) is 12.3. The number of carbonyl (C=O) groups is 4. The fraction of sp³-hybridized carbons (Fsp3) is 0.524. The van der Waals surface area contributed by atoms with Crippen LogP contribution in [0.15, 0.2) is 48.7 Å². The zero-order valence-corrected chi connectivity index (χ0v) is 32.6. The summed E-state index contributed by atoms with van der Waals surface area (Å²) in [6, 6.07) is 12.0. The van der Waals surface area contributed by atoms with E-state index < -0.39 is 18.0 Å². The van der Waals surface area contributed by atoms with Gasteiger partial charge in [0, 0.05) is 67.0 Å². The van der Waals surface area contributed by atoms with Crippen LogP contribution < -0.4 is 31.1 Å². The monoisotopic (exact) mass is 799 g/mol. The molecule has 2 aromatic carbocycles. The minimum Gasteiger partial charge on any atom is -0.449 e. The lowest BCUT2D eigenvalue weighted by molar-refractivity contribution is -0.133. The van der Waals surface area contributed by atoms with E-state index in [0.717, 1.165) is 84.0 Å². The van der Waals surface area contributed by atoms with E-state index in [4.69, 9.17) is 4.74 Å². The molecule has 0 unspecified atom stereocenters. The summed E-state index contributed by atoms with van der Waals surface area (Å²) in [5.74, 6) is -1.12. The van der Waals surface area contributed by atoms with Crippen LogP contribution in [-0.2, 0) is 19.1 Å². The zero-order valence-electron chi connectivity index (χ0n) is 32.6. The largest absolute Gasteiger partial charge is 0.449 e. The van der Waals surface area contributed by atoms with Gasteiger partial charge in [0.05, 0.1) is 18.5 Å². The molecule has 1 atom stereocenters. The Balaban J connectivity index is 0.754. The molecular weight excluding hydrogens is 749 g/mol. The molecule has 4 aliphatic heterocycles. The van der Waals surface area contributed by atoms with Crippen LogP contribution in [0.4, 0.5) is 36.6 Å². The minimum absolute atomic E-state index is 0.0151. The number of likely N-dealkylation sites (tertiary alicyclic amines) is 1. The molecule has 0 bridgehead atoms. The number of nitrogens with zero attached hydrogens (tertiary/aromatic N) is 5. The van der Waals surface area contributed by atoms with E-state index in [1.807, 2.05) is 0 Å². The normalized spacial score (nSPS) is 23.9. The van der Waals surface area contributed by atoms with Gasteiger partial charge in [-0.25, -0.2) is 23.5 Å². The first-order chi connectivity index (χ1) is 28.2. The summed E-state index contributed by atoms with van der Waals surface area (Å²) < 4.78 is 35.4. The SMILES string of the molecule is O=C1CC[C@@H](Nc2ccc(N3CCC(N4CCC(C(=O)NC5CCC(Nc6ncc(F)c(-c7cccc(N8CCCOC8=O)c7)n6)CC5)CC4)CC3)c(F)c2)C(=O)N1. The summed E-state index contributed by atoms with van der Waals surface area (Å²) in [5, 5.41) is 12.1. The Morgan fingerprint density at radius 3 is 2.34 bits per heavy atom. The van der Waals surface area contributed by atoms with Gasteiger partial charge < -0.3 is 30.5 Å². The molecule has 5 fully saturated rings. The van der Waals surface area contributed by atoms with Crippen molar-refractivity contribution < 1.29 is 32.7 Å². The van der Waals surface area contributed by atoms with Gasteiger partial charge in [-0.05, 0) is 108 Å². The van der Waals surface area contributed by atoms with Gasteiger partial charge in [-0.3, -0.25) is 24.6 Å².